The predicted molar refractivity (Wildman–Crippen MR) is 36.2 cm³/mol. The van der Waals surface area contributed by atoms with Crippen molar-refractivity contribution in [2.45, 2.75) is 19.6 Å². The maximum Gasteiger partial charge on any atom is 0.309 e. The van der Waals surface area contributed by atoms with E-state index in [1.165, 1.54) is 7.11 Å². The number of hydrogen-bond acceptors (Lipinski definition) is 4. The lowest BCUT2D eigenvalue weighted by molar-refractivity contribution is -0.143. The van der Waals surface area contributed by atoms with E-state index in [4.69, 9.17) is 10.5 Å². The first-order chi connectivity index (χ1) is 4.70. The van der Waals surface area contributed by atoms with Gasteiger partial charge in [0.25, 0.3) is 0 Å². The van der Waals surface area contributed by atoms with Crippen molar-refractivity contribution in [2.24, 2.45) is 5.73 Å². The molecule has 0 aromatic heterocycles. The van der Waals surface area contributed by atoms with Gasteiger partial charge >= 0.3 is 5.97 Å². The smallest absolute Gasteiger partial charge is 0.309 e. The number of esters is 1. The second kappa shape index (κ2) is 5.20. The molecule has 0 aliphatic rings. The summed E-state index contributed by atoms with van der Waals surface area (Å²) in [7, 11) is 1.32. The Bertz CT molecular complexity index is 105. The summed E-state index contributed by atoms with van der Waals surface area (Å²) in [5.74, 6) is -0.346. The van der Waals surface area contributed by atoms with E-state index in [9.17, 15) is 4.79 Å². The number of methoxy groups -OCH3 is 1. The van der Waals surface area contributed by atoms with Crippen LogP contribution in [0.2, 0.25) is 0 Å². The number of carbonyl (C=O) groups excluding carboxylic acids is 1. The quantitative estimate of drug-likeness (QED) is 0.444. The van der Waals surface area contributed by atoms with Gasteiger partial charge in [0.15, 0.2) is 0 Å². The van der Waals surface area contributed by atoms with E-state index in [0.717, 1.165) is 0 Å². The van der Waals surface area contributed by atoms with E-state index >= 15 is 0 Å². The van der Waals surface area contributed by atoms with Crippen LogP contribution in [0, 0.1) is 0 Å². The summed E-state index contributed by atoms with van der Waals surface area (Å²) in [6.07, 6.45) is -0.415. The number of carbonyl (C=O) groups is 1. The highest BCUT2D eigenvalue weighted by molar-refractivity contribution is 5.69. The lowest BCUT2D eigenvalue weighted by Gasteiger charge is -2.08. The average Bonchev–Trinajstić information content (AvgIpc) is 1.88. The Balaban J connectivity index is 3.37. The first kappa shape index (κ1) is 9.39. The fourth-order valence-corrected chi connectivity index (χ4v) is 0.521. The molecule has 0 aliphatic heterocycles. The molecular weight excluding hydrogens is 134 g/mol. The molecule has 4 nitrogen and oxygen atoms in total. The average molecular weight is 147 g/mol. The highest BCUT2D eigenvalue weighted by Gasteiger charge is 2.07. The minimum Gasteiger partial charge on any atom is -0.469 e. The third-order valence-corrected chi connectivity index (χ3v) is 0.976. The molecule has 0 radical (unpaired) electrons. The fourth-order valence-electron chi connectivity index (χ4n) is 0.521. The van der Waals surface area contributed by atoms with E-state index in [2.05, 4.69) is 4.74 Å². The van der Waals surface area contributed by atoms with Gasteiger partial charge in [-0.2, -0.15) is 0 Å². The van der Waals surface area contributed by atoms with Crippen LogP contribution in [0.15, 0.2) is 0 Å². The van der Waals surface area contributed by atoms with Crippen molar-refractivity contribution in [2.75, 3.05) is 13.7 Å². The molecule has 0 saturated carbocycles. The highest BCUT2D eigenvalue weighted by Crippen LogP contribution is 1.91. The molecule has 2 N–H and O–H groups in total. The molecule has 0 saturated heterocycles. The lowest BCUT2D eigenvalue weighted by atomic mass is 10.4. The first-order valence-corrected chi connectivity index (χ1v) is 3.14. The van der Waals surface area contributed by atoms with Gasteiger partial charge in [-0.25, -0.2) is 0 Å². The maximum atomic E-state index is 10.5. The molecule has 0 aromatic carbocycles. The summed E-state index contributed by atoms with van der Waals surface area (Å²) in [6, 6.07) is 0. The summed E-state index contributed by atoms with van der Waals surface area (Å²) in [5, 5.41) is 0. The van der Waals surface area contributed by atoms with Crippen LogP contribution < -0.4 is 5.73 Å². The van der Waals surface area contributed by atoms with Gasteiger partial charge < -0.3 is 15.2 Å². The van der Waals surface area contributed by atoms with Crippen molar-refractivity contribution in [1.29, 1.82) is 0 Å². The maximum absolute atomic E-state index is 10.5. The van der Waals surface area contributed by atoms with Gasteiger partial charge in [-0.05, 0) is 6.92 Å². The first-order valence-electron chi connectivity index (χ1n) is 3.14. The van der Waals surface area contributed by atoms with Crippen LogP contribution in [0.1, 0.15) is 13.3 Å². The predicted octanol–water partition coefficient (Wildman–Crippen LogP) is -0.129. The van der Waals surface area contributed by atoms with E-state index in [0.29, 0.717) is 6.61 Å². The Morgan fingerprint density at radius 1 is 1.70 bits per heavy atom. The van der Waals surface area contributed by atoms with E-state index in [1.807, 2.05) is 6.92 Å². The SMILES string of the molecule is CCOC(N)CC(=O)OC. The van der Waals surface area contributed by atoms with E-state index in [1.54, 1.807) is 0 Å². The number of hydrogen-bond donors (Lipinski definition) is 1. The summed E-state index contributed by atoms with van der Waals surface area (Å²) in [4.78, 5) is 10.5. The van der Waals surface area contributed by atoms with Gasteiger partial charge in [-0.3, -0.25) is 4.79 Å². The Kier molecular flexibility index (Phi) is 4.88. The molecule has 0 aromatic rings. The molecular formula is C6H13NO3. The zero-order chi connectivity index (χ0) is 7.98. The topological polar surface area (TPSA) is 61.5 Å². The van der Waals surface area contributed by atoms with E-state index < -0.39 is 6.23 Å². The van der Waals surface area contributed by atoms with Crippen LogP contribution in [0.5, 0.6) is 0 Å². The molecule has 0 amide bonds. The molecule has 0 spiro atoms. The van der Waals surface area contributed by atoms with Crippen molar-refractivity contribution < 1.29 is 14.3 Å². The lowest BCUT2D eigenvalue weighted by Crippen LogP contribution is -2.27. The van der Waals surface area contributed by atoms with Gasteiger partial charge in [-0.15, -0.1) is 0 Å². The molecule has 0 heterocycles. The van der Waals surface area contributed by atoms with Crippen molar-refractivity contribution in [1.82, 2.24) is 0 Å². The summed E-state index contributed by atoms with van der Waals surface area (Å²) in [5.41, 5.74) is 5.34. The van der Waals surface area contributed by atoms with Gasteiger partial charge in [0, 0.05) is 6.61 Å². The molecule has 1 unspecified atom stereocenters. The molecule has 1 atom stereocenters. The molecule has 0 fully saturated rings. The monoisotopic (exact) mass is 147 g/mol. The largest absolute Gasteiger partial charge is 0.469 e. The van der Waals surface area contributed by atoms with Crippen molar-refractivity contribution in [3.05, 3.63) is 0 Å². The Morgan fingerprint density at radius 3 is 2.70 bits per heavy atom. The Hall–Kier alpha value is -0.610. The Labute approximate surface area is 60.3 Å². The fraction of sp³-hybridized carbons (Fsp3) is 0.833. The van der Waals surface area contributed by atoms with Gasteiger partial charge in [0.1, 0.15) is 6.23 Å². The zero-order valence-corrected chi connectivity index (χ0v) is 6.29. The highest BCUT2D eigenvalue weighted by atomic mass is 16.5. The van der Waals surface area contributed by atoms with Gasteiger partial charge in [-0.1, -0.05) is 0 Å². The van der Waals surface area contributed by atoms with E-state index in [-0.39, 0.29) is 12.4 Å². The summed E-state index contributed by atoms with van der Waals surface area (Å²) in [6.45, 7) is 2.33. The molecule has 4 heteroatoms. The normalized spacial score (nSPS) is 12.7. The third-order valence-electron chi connectivity index (χ3n) is 0.976. The van der Waals surface area contributed by atoms with Gasteiger partial charge in [0.05, 0.1) is 13.5 Å². The molecule has 10 heavy (non-hydrogen) atoms. The Morgan fingerprint density at radius 2 is 2.30 bits per heavy atom. The zero-order valence-electron chi connectivity index (χ0n) is 6.29. The number of rotatable bonds is 4. The molecule has 0 bridgehead atoms. The van der Waals surface area contributed by atoms with Crippen molar-refractivity contribution in [3.63, 3.8) is 0 Å². The summed E-state index contributed by atoms with van der Waals surface area (Å²) < 4.78 is 9.26. The van der Waals surface area contributed by atoms with Crippen LogP contribution in [-0.2, 0) is 14.3 Å². The standard InChI is InChI=1S/C6H13NO3/c1-3-10-5(7)4-6(8)9-2/h5H,3-4,7H2,1-2H3. The van der Waals surface area contributed by atoms with Crippen LogP contribution in [0.4, 0.5) is 0 Å². The van der Waals surface area contributed by atoms with Crippen molar-refractivity contribution in [3.8, 4) is 0 Å². The second-order valence-electron chi connectivity index (χ2n) is 1.77. The molecule has 0 aliphatic carbocycles. The third kappa shape index (κ3) is 4.29. The van der Waals surface area contributed by atoms with Crippen LogP contribution in [-0.4, -0.2) is 25.9 Å². The minimum atomic E-state index is -0.530. The summed E-state index contributed by atoms with van der Waals surface area (Å²) >= 11 is 0. The number of nitrogens with two attached hydrogens (primary N) is 1. The van der Waals surface area contributed by atoms with Gasteiger partial charge in [0.2, 0.25) is 0 Å². The number of ether oxygens (including phenoxy) is 2. The molecule has 60 valence electrons. The van der Waals surface area contributed by atoms with Crippen LogP contribution >= 0.6 is 0 Å². The minimum absolute atomic E-state index is 0.115. The van der Waals surface area contributed by atoms with Crippen molar-refractivity contribution >= 4 is 5.97 Å². The van der Waals surface area contributed by atoms with Crippen LogP contribution in [0.25, 0.3) is 0 Å². The van der Waals surface area contributed by atoms with Crippen LogP contribution in [0.3, 0.4) is 0 Å². The second-order valence-corrected chi connectivity index (χ2v) is 1.77. The molecule has 0 rings (SSSR count).